The van der Waals surface area contributed by atoms with Crippen molar-refractivity contribution in [3.63, 3.8) is 0 Å². The summed E-state index contributed by atoms with van der Waals surface area (Å²) < 4.78 is 66.1. The van der Waals surface area contributed by atoms with Gasteiger partial charge in [-0.25, -0.2) is 0 Å². The van der Waals surface area contributed by atoms with Gasteiger partial charge in [-0.2, -0.15) is 37.2 Å². The number of anilines is 1. The highest BCUT2D eigenvalue weighted by molar-refractivity contribution is 7.86. The number of rotatable bonds is 5. The van der Waals surface area contributed by atoms with Crippen LogP contribution in [0.25, 0.3) is 10.8 Å². The van der Waals surface area contributed by atoms with Crippen molar-refractivity contribution in [2.45, 2.75) is 29.7 Å². The first-order chi connectivity index (χ1) is 16.3. The summed E-state index contributed by atoms with van der Waals surface area (Å²) in [7, 11) is -9.20. The lowest BCUT2D eigenvalue weighted by Gasteiger charge is -2.17. The Kier molecular flexibility index (Phi) is 6.23. The van der Waals surface area contributed by atoms with Gasteiger partial charge in [0.1, 0.15) is 10.6 Å². The second-order valence-corrected chi connectivity index (χ2v) is 10.9. The van der Waals surface area contributed by atoms with Crippen LogP contribution in [-0.4, -0.2) is 43.6 Å². The van der Waals surface area contributed by atoms with Gasteiger partial charge < -0.3 is 0 Å². The molecule has 0 spiro atoms. The van der Waals surface area contributed by atoms with Crippen molar-refractivity contribution in [1.82, 2.24) is 0 Å². The first-order valence-electron chi connectivity index (χ1n) is 9.86. The molecule has 1 heterocycles. The maximum atomic E-state index is 13.1. The summed E-state index contributed by atoms with van der Waals surface area (Å²) in [6.45, 7) is 2.98. The third-order valence-electron chi connectivity index (χ3n) is 5.23. The number of aryl methyl sites for hydroxylation is 1. The number of amides is 1. The summed E-state index contributed by atoms with van der Waals surface area (Å²) in [5, 5.41) is 13.6. The van der Waals surface area contributed by atoms with Crippen molar-refractivity contribution < 1.29 is 30.7 Å². The highest BCUT2D eigenvalue weighted by Gasteiger charge is 2.37. The summed E-state index contributed by atoms with van der Waals surface area (Å²) >= 11 is 6.19. The number of carbonyl (C=O) groups is 1. The molecule has 1 atom stereocenters. The second kappa shape index (κ2) is 8.77. The quantitative estimate of drug-likeness (QED) is 0.364. The minimum Gasteiger partial charge on any atom is -0.282 e. The first kappa shape index (κ1) is 24.9. The third-order valence-corrected chi connectivity index (χ3v) is 7.30. The zero-order valence-corrected chi connectivity index (χ0v) is 20.5. The molecule has 0 saturated carbocycles. The number of azo groups is 1. The van der Waals surface area contributed by atoms with Crippen molar-refractivity contribution >= 4 is 65.6 Å². The number of halogens is 1. The number of benzene rings is 3. The molecule has 11 nitrogen and oxygen atoms in total. The molecule has 182 valence electrons. The molecule has 4 rings (SSSR count). The van der Waals surface area contributed by atoms with Crippen molar-refractivity contribution in [3.05, 3.63) is 59.1 Å². The van der Waals surface area contributed by atoms with E-state index in [2.05, 4.69) is 15.3 Å². The molecule has 2 N–H and O–H groups in total. The Morgan fingerprint density at radius 1 is 1.00 bits per heavy atom. The van der Waals surface area contributed by atoms with Crippen LogP contribution in [0.15, 0.2) is 73.7 Å². The first-order valence-corrected chi connectivity index (χ1v) is 13.1. The van der Waals surface area contributed by atoms with Gasteiger partial charge in [0.05, 0.1) is 21.3 Å². The van der Waals surface area contributed by atoms with Crippen molar-refractivity contribution in [2.24, 2.45) is 15.3 Å². The summed E-state index contributed by atoms with van der Waals surface area (Å²) in [4.78, 5) is 12.2. The Hall–Kier alpha value is -3.23. The van der Waals surface area contributed by atoms with E-state index < -0.39 is 42.0 Å². The van der Waals surface area contributed by atoms with E-state index in [0.29, 0.717) is 5.39 Å². The van der Waals surface area contributed by atoms with Crippen LogP contribution in [0.4, 0.5) is 11.4 Å². The van der Waals surface area contributed by atoms with Crippen LogP contribution in [0.1, 0.15) is 12.5 Å². The monoisotopic (exact) mass is 536 g/mol. The smallest absolute Gasteiger partial charge is 0.282 e. The van der Waals surface area contributed by atoms with Crippen molar-refractivity contribution in [2.75, 3.05) is 5.01 Å². The summed E-state index contributed by atoms with van der Waals surface area (Å²) in [6, 6.07) is 10.3. The molecule has 0 saturated heterocycles. The number of nitrogens with zero attached hydrogens (tertiary/aromatic N) is 4. The number of carbonyl (C=O) groups excluding carboxylic acids is 1. The Bertz CT molecular complexity index is 1650. The molecule has 3 aromatic rings. The topological polar surface area (TPSA) is 166 Å². The molecular weight excluding hydrogens is 520 g/mol. The number of hydrogen-bond donors (Lipinski definition) is 2. The molecule has 0 fully saturated rings. The Morgan fingerprint density at radius 2 is 1.69 bits per heavy atom. The van der Waals surface area contributed by atoms with E-state index >= 15 is 0 Å². The maximum Gasteiger partial charge on any atom is 0.297 e. The molecule has 1 aliphatic rings. The van der Waals surface area contributed by atoms with Gasteiger partial charge in [0.15, 0.2) is 6.04 Å². The van der Waals surface area contributed by atoms with Gasteiger partial charge in [-0.3, -0.25) is 13.9 Å². The average molecular weight is 537 g/mol. The lowest BCUT2D eigenvalue weighted by molar-refractivity contribution is -0.117. The lowest BCUT2D eigenvalue weighted by atomic mass is 10.1. The van der Waals surface area contributed by atoms with Crippen molar-refractivity contribution in [1.29, 1.82) is 0 Å². The van der Waals surface area contributed by atoms with E-state index in [0.717, 1.165) is 17.1 Å². The van der Waals surface area contributed by atoms with E-state index in [4.69, 9.17) is 11.6 Å². The second-order valence-electron chi connectivity index (χ2n) is 7.67. The summed E-state index contributed by atoms with van der Waals surface area (Å²) in [5.41, 5.74) is 0.375. The average Bonchev–Trinajstić information content (AvgIpc) is 3.03. The number of fused-ring (bicyclic) bond motifs is 1. The molecule has 0 aliphatic carbocycles. The predicted molar refractivity (Wildman–Crippen MR) is 129 cm³/mol. The molecule has 1 unspecified atom stereocenters. The van der Waals surface area contributed by atoms with Crippen LogP contribution in [-0.2, 0) is 25.0 Å². The fourth-order valence-corrected chi connectivity index (χ4v) is 5.51. The van der Waals surface area contributed by atoms with Crippen LogP contribution >= 0.6 is 11.6 Å². The molecular formula is C21H17ClN4O7S2. The van der Waals surface area contributed by atoms with Crippen LogP contribution in [0.2, 0.25) is 5.02 Å². The van der Waals surface area contributed by atoms with Gasteiger partial charge in [0.2, 0.25) is 0 Å². The van der Waals surface area contributed by atoms with E-state index in [1.54, 1.807) is 24.3 Å². The van der Waals surface area contributed by atoms with E-state index in [1.807, 2.05) is 0 Å². The van der Waals surface area contributed by atoms with Crippen LogP contribution in [0, 0.1) is 6.92 Å². The molecule has 35 heavy (non-hydrogen) atoms. The Balaban J connectivity index is 1.73. The third kappa shape index (κ3) is 4.68. The Labute approximate surface area is 205 Å². The molecule has 0 aromatic heterocycles. The molecule has 14 heteroatoms. The standard InChI is InChI=1S/C21H17ClN4O7S2/c1-11-9-14(34(28,29)30)10-16(22)19(11)26-21(27)18(12(2)25-26)24-23-17-8-7-13-5-3-4-6-15(13)20(17)35(31,32)33/h3-10,18H,1-2H3,(H,28,29,30)(H,31,32,33). The van der Waals surface area contributed by atoms with Crippen LogP contribution in [0.3, 0.4) is 0 Å². The van der Waals surface area contributed by atoms with Gasteiger partial charge in [0, 0.05) is 5.39 Å². The van der Waals surface area contributed by atoms with E-state index in [-0.39, 0.29) is 33.1 Å². The van der Waals surface area contributed by atoms with Gasteiger partial charge in [-0.1, -0.05) is 41.9 Å². The van der Waals surface area contributed by atoms with Crippen LogP contribution in [0.5, 0.6) is 0 Å². The molecule has 0 radical (unpaired) electrons. The SMILES string of the molecule is CC1=NN(c2c(C)cc(S(=O)(=O)O)cc2Cl)C(=O)C1N=Nc1ccc2ccccc2c1S(=O)(=O)O. The lowest BCUT2D eigenvalue weighted by Crippen LogP contribution is -2.30. The molecule has 1 amide bonds. The van der Waals surface area contributed by atoms with Crippen LogP contribution < -0.4 is 5.01 Å². The zero-order chi connectivity index (χ0) is 25.7. The van der Waals surface area contributed by atoms with Gasteiger partial charge in [-0.05, 0) is 43.0 Å². The minimum atomic E-state index is -4.68. The normalized spacial score (nSPS) is 16.9. The molecule has 1 aliphatic heterocycles. The fraction of sp³-hybridized carbons (Fsp3) is 0.143. The largest absolute Gasteiger partial charge is 0.297 e. The number of hydrogen-bond acceptors (Lipinski definition) is 8. The van der Waals surface area contributed by atoms with Gasteiger partial charge in [-0.15, -0.1) is 0 Å². The van der Waals surface area contributed by atoms with Crippen molar-refractivity contribution in [3.8, 4) is 0 Å². The highest BCUT2D eigenvalue weighted by atomic mass is 35.5. The zero-order valence-electron chi connectivity index (χ0n) is 18.1. The Morgan fingerprint density at radius 3 is 2.31 bits per heavy atom. The highest BCUT2D eigenvalue weighted by Crippen LogP contribution is 2.36. The molecule has 0 bridgehead atoms. The predicted octanol–water partition coefficient (Wildman–Crippen LogP) is 4.17. The van der Waals surface area contributed by atoms with Gasteiger partial charge in [0.25, 0.3) is 26.1 Å². The maximum absolute atomic E-state index is 13.1. The molecule has 3 aromatic carbocycles. The summed E-state index contributed by atoms with van der Waals surface area (Å²) in [6.07, 6.45) is 0. The van der Waals surface area contributed by atoms with E-state index in [1.165, 1.54) is 26.0 Å². The van der Waals surface area contributed by atoms with E-state index in [9.17, 15) is 30.7 Å². The summed E-state index contributed by atoms with van der Waals surface area (Å²) in [5.74, 6) is -0.676. The fourth-order valence-electron chi connectivity index (χ4n) is 3.67. The number of hydrazone groups is 1. The van der Waals surface area contributed by atoms with Gasteiger partial charge >= 0.3 is 0 Å². The minimum absolute atomic E-state index is 0.0884.